The first-order valence-electron chi connectivity index (χ1n) is 9.58. The molecule has 1 aromatic heterocycles. The molecule has 0 aliphatic carbocycles. The third-order valence-electron chi connectivity index (χ3n) is 4.63. The molecule has 31 heavy (non-hydrogen) atoms. The normalized spacial score (nSPS) is 12.1. The number of imidazole rings is 1. The Bertz CT molecular complexity index is 1180. The lowest BCUT2D eigenvalue weighted by Gasteiger charge is -2.16. The van der Waals surface area contributed by atoms with Gasteiger partial charge in [-0.3, -0.25) is 0 Å². The van der Waals surface area contributed by atoms with Crippen LogP contribution in [0.25, 0.3) is 11.0 Å². The Morgan fingerprint density at radius 3 is 2.55 bits per heavy atom. The van der Waals surface area contributed by atoms with Gasteiger partial charge in [-0.15, -0.1) is 0 Å². The van der Waals surface area contributed by atoms with Gasteiger partial charge in [0.1, 0.15) is 42.5 Å². The molecule has 0 aliphatic rings. The highest BCUT2D eigenvalue weighted by molar-refractivity contribution is 6.35. The number of rotatable bonds is 8. The topological polar surface area (TPSA) is 56.5 Å². The molecule has 3 aromatic carbocycles. The molecule has 0 amide bonds. The van der Waals surface area contributed by atoms with E-state index in [1.807, 2.05) is 28.8 Å². The van der Waals surface area contributed by atoms with Crippen LogP contribution >= 0.6 is 23.2 Å². The van der Waals surface area contributed by atoms with E-state index in [9.17, 15) is 9.50 Å². The van der Waals surface area contributed by atoms with Crippen molar-refractivity contribution in [1.82, 2.24) is 9.55 Å². The highest BCUT2D eigenvalue weighted by Gasteiger charge is 2.16. The van der Waals surface area contributed by atoms with E-state index in [0.29, 0.717) is 27.4 Å². The van der Waals surface area contributed by atoms with Crippen LogP contribution < -0.4 is 9.47 Å². The summed E-state index contributed by atoms with van der Waals surface area (Å²) in [5.74, 6) is 1.26. The highest BCUT2D eigenvalue weighted by atomic mass is 35.5. The summed E-state index contributed by atoms with van der Waals surface area (Å²) < 4.78 is 26.3. The second kappa shape index (κ2) is 9.56. The second-order valence-electron chi connectivity index (χ2n) is 6.91. The number of fused-ring (bicyclic) bond motifs is 1. The lowest BCUT2D eigenvalue weighted by atomic mass is 10.3. The quantitative estimate of drug-likeness (QED) is 0.377. The Labute approximate surface area is 188 Å². The van der Waals surface area contributed by atoms with E-state index in [2.05, 4.69) is 4.98 Å². The minimum Gasteiger partial charge on any atom is -0.491 e. The largest absolute Gasteiger partial charge is 0.491 e. The molecule has 4 aromatic rings. The van der Waals surface area contributed by atoms with E-state index in [4.69, 9.17) is 32.7 Å². The summed E-state index contributed by atoms with van der Waals surface area (Å²) in [4.78, 5) is 4.63. The summed E-state index contributed by atoms with van der Waals surface area (Å²) in [6, 6.07) is 18.3. The van der Waals surface area contributed by atoms with Crippen LogP contribution in [0.15, 0.2) is 66.7 Å². The Hall–Kier alpha value is -2.80. The highest BCUT2D eigenvalue weighted by Crippen LogP contribution is 2.28. The Kier molecular flexibility index (Phi) is 6.61. The number of benzene rings is 3. The lowest BCUT2D eigenvalue weighted by Crippen LogP contribution is -2.25. The zero-order chi connectivity index (χ0) is 21.8. The number of hydrogen-bond acceptors (Lipinski definition) is 4. The van der Waals surface area contributed by atoms with E-state index < -0.39 is 6.10 Å². The molecule has 0 saturated carbocycles. The van der Waals surface area contributed by atoms with Gasteiger partial charge in [-0.05, 0) is 54.6 Å². The third kappa shape index (κ3) is 5.28. The average molecular weight is 461 g/mol. The molecule has 1 atom stereocenters. The zero-order valence-corrected chi connectivity index (χ0v) is 17.9. The number of para-hydroxylation sites is 2. The fourth-order valence-electron chi connectivity index (χ4n) is 3.16. The first kappa shape index (κ1) is 21.4. The molecule has 1 N–H and O–H groups in total. The molecule has 0 spiro atoms. The number of ether oxygens (including phenoxy) is 2. The first-order chi connectivity index (χ1) is 15.0. The van der Waals surface area contributed by atoms with Crippen molar-refractivity contribution < 1.29 is 19.0 Å². The van der Waals surface area contributed by atoms with Crippen molar-refractivity contribution >= 4 is 34.2 Å². The van der Waals surface area contributed by atoms with E-state index in [1.165, 1.54) is 24.3 Å². The molecule has 4 rings (SSSR count). The van der Waals surface area contributed by atoms with Crippen molar-refractivity contribution in [3.05, 3.63) is 88.4 Å². The van der Waals surface area contributed by atoms with Gasteiger partial charge in [-0.2, -0.15) is 0 Å². The third-order valence-corrected chi connectivity index (χ3v) is 5.16. The Balaban J connectivity index is 1.49. The van der Waals surface area contributed by atoms with E-state index in [-0.39, 0.29) is 25.6 Å². The number of aliphatic hydroxyl groups excluding tert-OH is 1. The molecule has 0 fully saturated rings. The second-order valence-corrected chi connectivity index (χ2v) is 7.75. The summed E-state index contributed by atoms with van der Waals surface area (Å²) in [6.45, 7) is 0.442. The maximum Gasteiger partial charge on any atom is 0.148 e. The summed E-state index contributed by atoms with van der Waals surface area (Å²) in [5.41, 5.74) is 1.65. The summed E-state index contributed by atoms with van der Waals surface area (Å²) >= 11 is 12.1. The molecule has 8 heteroatoms. The fraction of sp³-hybridized carbons (Fsp3) is 0.174. The maximum atomic E-state index is 13.0. The van der Waals surface area contributed by atoms with Gasteiger partial charge < -0.3 is 19.1 Å². The van der Waals surface area contributed by atoms with Crippen molar-refractivity contribution in [3.8, 4) is 11.5 Å². The lowest BCUT2D eigenvalue weighted by molar-refractivity contribution is 0.0917. The van der Waals surface area contributed by atoms with Gasteiger partial charge in [0.2, 0.25) is 0 Å². The van der Waals surface area contributed by atoms with Crippen molar-refractivity contribution in [2.24, 2.45) is 0 Å². The first-order valence-corrected chi connectivity index (χ1v) is 10.3. The van der Waals surface area contributed by atoms with Crippen LogP contribution in [0.4, 0.5) is 4.39 Å². The number of hydrogen-bond donors (Lipinski definition) is 1. The van der Waals surface area contributed by atoms with Crippen LogP contribution in [0.5, 0.6) is 11.5 Å². The Morgan fingerprint density at radius 1 is 1.00 bits per heavy atom. The van der Waals surface area contributed by atoms with E-state index in [1.54, 1.807) is 18.2 Å². The van der Waals surface area contributed by atoms with Gasteiger partial charge in [0.15, 0.2) is 0 Å². The predicted molar refractivity (Wildman–Crippen MR) is 118 cm³/mol. The van der Waals surface area contributed by atoms with Gasteiger partial charge in [-0.1, -0.05) is 35.3 Å². The SMILES string of the molecule is OC(COc1ccc(F)cc1)Cn1c(COc2ccc(Cl)cc2Cl)nc2ccccc21. The van der Waals surface area contributed by atoms with E-state index in [0.717, 1.165) is 11.0 Å². The molecule has 0 radical (unpaired) electrons. The monoisotopic (exact) mass is 460 g/mol. The van der Waals surface area contributed by atoms with Crippen molar-refractivity contribution in [2.75, 3.05) is 6.61 Å². The molecular weight excluding hydrogens is 442 g/mol. The van der Waals surface area contributed by atoms with Crippen LogP contribution in [0, 0.1) is 5.82 Å². The van der Waals surface area contributed by atoms with Gasteiger partial charge in [0, 0.05) is 5.02 Å². The van der Waals surface area contributed by atoms with Crippen LogP contribution in [-0.2, 0) is 13.2 Å². The number of nitrogens with zero attached hydrogens (tertiary/aromatic N) is 2. The smallest absolute Gasteiger partial charge is 0.148 e. The van der Waals surface area contributed by atoms with Gasteiger partial charge in [-0.25, -0.2) is 9.37 Å². The number of halogens is 3. The van der Waals surface area contributed by atoms with Gasteiger partial charge in [0.25, 0.3) is 0 Å². The van der Waals surface area contributed by atoms with Crippen molar-refractivity contribution in [3.63, 3.8) is 0 Å². The van der Waals surface area contributed by atoms with Crippen LogP contribution in [0.3, 0.4) is 0 Å². The van der Waals surface area contributed by atoms with Crippen LogP contribution in [0.2, 0.25) is 10.0 Å². The van der Waals surface area contributed by atoms with E-state index >= 15 is 0 Å². The van der Waals surface area contributed by atoms with Crippen molar-refractivity contribution in [2.45, 2.75) is 19.3 Å². The molecule has 160 valence electrons. The van der Waals surface area contributed by atoms with Gasteiger partial charge in [0.05, 0.1) is 22.6 Å². The molecule has 0 saturated heterocycles. The molecule has 1 unspecified atom stereocenters. The van der Waals surface area contributed by atoms with Crippen molar-refractivity contribution in [1.29, 1.82) is 0 Å². The maximum absolute atomic E-state index is 13.0. The minimum absolute atomic E-state index is 0.0431. The molecular formula is C23H19Cl2FN2O3. The molecule has 0 aliphatic heterocycles. The number of aromatic nitrogens is 2. The predicted octanol–water partition coefficient (Wildman–Crippen LogP) is 5.50. The standard InChI is InChI=1S/C23H19Cl2FN2O3/c24-15-5-10-22(19(25)11-15)31-14-23-27-20-3-1-2-4-21(20)28(23)12-17(29)13-30-18-8-6-16(26)7-9-18/h1-11,17,29H,12-14H2. The van der Waals surface area contributed by atoms with Gasteiger partial charge >= 0.3 is 0 Å². The molecule has 5 nitrogen and oxygen atoms in total. The summed E-state index contributed by atoms with van der Waals surface area (Å²) in [5, 5.41) is 11.5. The number of aliphatic hydroxyl groups is 1. The average Bonchev–Trinajstić information content (AvgIpc) is 3.10. The summed E-state index contributed by atoms with van der Waals surface area (Å²) in [7, 11) is 0. The van der Waals surface area contributed by atoms with Crippen LogP contribution in [-0.4, -0.2) is 27.4 Å². The summed E-state index contributed by atoms with van der Waals surface area (Å²) in [6.07, 6.45) is -0.819. The van der Waals surface area contributed by atoms with Crippen LogP contribution in [0.1, 0.15) is 5.82 Å². The minimum atomic E-state index is -0.819. The Morgan fingerprint density at radius 2 is 1.77 bits per heavy atom. The molecule has 1 heterocycles. The fourth-order valence-corrected chi connectivity index (χ4v) is 3.62. The zero-order valence-electron chi connectivity index (χ0n) is 16.3. The molecule has 0 bridgehead atoms.